The van der Waals surface area contributed by atoms with Crippen LogP contribution < -0.4 is 10.4 Å². The van der Waals surface area contributed by atoms with E-state index in [1.54, 1.807) is 18.2 Å². The number of carbonyl (C=O) groups excluding carboxylic acids is 2. The summed E-state index contributed by atoms with van der Waals surface area (Å²) in [5.74, 6) is -0.755. The third-order valence-corrected chi connectivity index (χ3v) is 5.22. The van der Waals surface area contributed by atoms with E-state index in [2.05, 4.69) is 22.1 Å². The molecule has 1 fully saturated rings. The van der Waals surface area contributed by atoms with Crippen LogP contribution in [-0.2, 0) is 16.1 Å². The summed E-state index contributed by atoms with van der Waals surface area (Å²) in [6.07, 6.45) is 3.68. The molecule has 4 aromatic rings. The Bertz CT molecular complexity index is 1270. The normalized spacial score (nSPS) is 15.2. The first-order valence-electron chi connectivity index (χ1n) is 9.75. The molecule has 5 heteroatoms. The van der Waals surface area contributed by atoms with Crippen LogP contribution in [0.1, 0.15) is 11.1 Å². The molecule has 5 rings (SSSR count). The lowest BCUT2D eigenvalue weighted by molar-refractivity contribution is -0.117. The maximum absolute atomic E-state index is 12.9. The van der Waals surface area contributed by atoms with E-state index in [9.17, 15) is 9.59 Å². The van der Waals surface area contributed by atoms with E-state index < -0.39 is 5.91 Å². The molecule has 0 atom stereocenters. The minimum atomic E-state index is -0.399. The standard InChI is InChI=1S/C25H19N3O2/c29-24-22(25(30)28(26-24)20-11-5-2-6-12-20)15-19-17-27(16-18-9-3-1-4-10-18)23-14-8-7-13-21(19)23/h1-15,17H,16H2,(H,26,29)/b22-15+. The quantitative estimate of drug-likeness (QED) is 0.418. The summed E-state index contributed by atoms with van der Waals surface area (Å²) in [7, 11) is 0. The number of amides is 2. The summed E-state index contributed by atoms with van der Waals surface area (Å²) in [5, 5.41) is 2.29. The van der Waals surface area contributed by atoms with E-state index in [0.29, 0.717) is 12.2 Å². The molecule has 0 aliphatic carbocycles. The highest BCUT2D eigenvalue weighted by molar-refractivity contribution is 6.32. The lowest BCUT2D eigenvalue weighted by atomic mass is 10.1. The van der Waals surface area contributed by atoms with Crippen molar-refractivity contribution in [1.82, 2.24) is 9.99 Å². The van der Waals surface area contributed by atoms with Gasteiger partial charge in [-0.05, 0) is 29.8 Å². The van der Waals surface area contributed by atoms with Gasteiger partial charge in [-0.25, -0.2) is 5.01 Å². The molecule has 1 saturated heterocycles. The van der Waals surface area contributed by atoms with E-state index >= 15 is 0 Å². The second-order valence-corrected chi connectivity index (χ2v) is 7.19. The molecule has 0 saturated carbocycles. The van der Waals surface area contributed by atoms with Crippen LogP contribution in [0, 0.1) is 0 Å². The largest absolute Gasteiger partial charge is 0.342 e. The lowest BCUT2D eigenvalue weighted by Gasteiger charge is -2.13. The van der Waals surface area contributed by atoms with Gasteiger partial charge in [0.1, 0.15) is 5.57 Å². The smallest absolute Gasteiger partial charge is 0.282 e. The first-order valence-corrected chi connectivity index (χ1v) is 9.75. The zero-order chi connectivity index (χ0) is 20.5. The molecular weight excluding hydrogens is 374 g/mol. The molecule has 1 N–H and O–H groups in total. The SMILES string of the molecule is O=C1NN(c2ccccc2)C(=O)/C1=C/c1cn(Cc2ccccc2)c2ccccc12. The van der Waals surface area contributed by atoms with Gasteiger partial charge in [-0.2, -0.15) is 0 Å². The van der Waals surface area contributed by atoms with Crippen molar-refractivity contribution in [3.05, 3.63) is 108 Å². The number of hydrogen-bond donors (Lipinski definition) is 1. The van der Waals surface area contributed by atoms with E-state index in [4.69, 9.17) is 0 Å². The lowest BCUT2D eigenvalue weighted by Crippen LogP contribution is -2.35. The summed E-state index contributed by atoms with van der Waals surface area (Å²) in [5.41, 5.74) is 6.49. The van der Waals surface area contributed by atoms with Gasteiger partial charge in [-0.3, -0.25) is 15.0 Å². The van der Waals surface area contributed by atoms with Crippen LogP contribution in [0.5, 0.6) is 0 Å². The highest BCUT2D eigenvalue weighted by Crippen LogP contribution is 2.27. The highest BCUT2D eigenvalue weighted by Gasteiger charge is 2.34. The van der Waals surface area contributed by atoms with Crippen LogP contribution in [-0.4, -0.2) is 16.4 Å². The summed E-state index contributed by atoms with van der Waals surface area (Å²) >= 11 is 0. The first kappa shape index (κ1) is 17.9. The van der Waals surface area contributed by atoms with E-state index in [1.807, 2.05) is 66.9 Å². The average molecular weight is 393 g/mol. The Kier molecular flexibility index (Phi) is 4.41. The number of carbonyl (C=O) groups is 2. The van der Waals surface area contributed by atoms with Crippen molar-refractivity contribution in [3.8, 4) is 0 Å². The molecule has 0 unspecified atom stereocenters. The number of hydrazine groups is 1. The molecule has 5 nitrogen and oxygen atoms in total. The number of nitrogens with one attached hydrogen (secondary N) is 1. The fraction of sp³-hybridized carbons (Fsp3) is 0.0400. The Labute approximate surface area is 173 Å². The number of hydrogen-bond acceptors (Lipinski definition) is 2. The van der Waals surface area contributed by atoms with Crippen molar-refractivity contribution in [2.45, 2.75) is 6.54 Å². The summed E-state index contributed by atoms with van der Waals surface area (Å²) in [6.45, 7) is 0.709. The van der Waals surface area contributed by atoms with Crippen LogP contribution in [0.2, 0.25) is 0 Å². The van der Waals surface area contributed by atoms with E-state index in [1.165, 1.54) is 10.6 Å². The molecule has 146 valence electrons. The van der Waals surface area contributed by atoms with Gasteiger partial charge in [0.25, 0.3) is 11.8 Å². The van der Waals surface area contributed by atoms with Gasteiger partial charge in [0, 0.05) is 29.2 Å². The number of aromatic nitrogens is 1. The zero-order valence-corrected chi connectivity index (χ0v) is 16.2. The van der Waals surface area contributed by atoms with Gasteiger partial charge in [-0.1, -0.05) is 66.7 Å². The second-order valence-electron chi connectivity index (χ2n) is 7.19. The summed E-state index contributed by atoms with van der Waals surface area (Å²) in [4.78, 5) is 25.5. The highest BCUT2D eigenvalue weighted by atomic mass is 16.2. The van der Waals surface area contributed by atoms with E-state index in [-0.39, 0.29) is 11.5 Å². The molecule has 2 heterocycles. The predicted octanol–water partition coefficient (Wildman–Crippen LogP) is 4.15. The summed E-state index contributed by atoms with van der Waals surface area (Å²) < 4.78 is 2.14. The van der Waals surface area contributed by atoms with Gasteiger partial charge in [0.15, 0.2) is 0 Å². The number of rotatable bonds is 4. The molecule has 30 heavy (non-hydrogen) atoms. The number of benzene rings is 3. The van der Waals surface area contributed by atoms with Crippen LogP contribution in [0.25, 0.3) is 17.0 Å². The maximum Gasteiger partial charge on any atom is 0.282 e. The monoisotopic (exact) mass is 393 g/mol. The first-order chi connectivity index (χ1) is 14.7. The Morgan fingerprint density at radius 2 is 1.47 bits per heavy atom. The van der Waals surface area contributed by atoms with Gasteiger partial charge in [-0.15, -0.1) is 0 Å². The Morgan fingerprint density at radius 3 is 2.23 bits per heavy atom. The van der Waals surface area contributed by atoms with Crippen LogP contribution in [0.15, 0.2) is 96.7 Å². The van der Waals surface area contributed by atoms with Crippen LogP contribution >= 0.6 is 0 Å². The molecule has 0 spiro atoms. The number of nitrogens with zero attached hydrogens (tertiary/aromatic N) is 2. The van der Waals surface area contributed by atoms with Gasteiger partial charge in [0.05, 0.1) is 5.69 Å². The minimum Gasteiger partial charge on any atom is -0.342 e. The van der Waals surface area contributed by atoms with Crippen molar-refractivity contribution in [3.63, 3.8) is 0 Å². The second kappa shape index (κ2) is 7.37. The van der Waals surface area contributed by atoms with E-state index in [0.717, 1.165) is 16.5 Å². The molecule has 1 aliphatic rings. The average Bonchev–Trinajstić information content (AvgIpc) is 3.27. The molecule has 0 radical (unpaired) electrons. The third-order valence-electron chi connectivity index (χ3n) is 5.22. The summed E-state index contributed by atoms with van der Waals surface area (Å²) in [6, 6.07) is 27.3. The molecule has 1 aromatic heterocycles. The number of anilines is 1. The van der Waals surface area contributed by atoms with Gasteiger partial charge >= 0.3 is 0 Å². The van der Waals surface area contributed by atoms with Crippen LogP contribution in [0.4, 0.5) is 5.69 Å². The number of para-hydroxylation sites is 2. The van der Waals surface area contributed by atoms with Crippen molar-refractivity contribution >= 4 is 34.5 Å². The minimum absolute atomic E-state index is 0.126. The fourth-order valence-electron chi connectivity index (χ4n) is 3.77. The van der Waals surface area contributed by atoms with Crippen LogP contribution in [0.3, 0.4) is 0 Å². The van der Waals surface area contributed by atoms with Crippen molar-refractivity contribution < 1.29 is 9.59 Å². The topological polar surface area (TPSA) is 54.3 Å². The van der Waals surface area contributed by atoms with Crippen molar-refractivity contribution in [2.75, 3.05) is 5.01 Å². The molecule has 1 aliphatic heterocycles. The third kappa shape index (κ3) is 3.16. The Hall–Kier alpha value is -4.12. The number of fused-ring (bicyclic) bond motifs is 1. The van der Waals surface area contributed by atoms with Crippen molar-refractivity contribution in [1.29, 1.82) is 0 Å². The fourth-order valence-corrected chi connectivity index (χ4v) is 3.77. The molecule has 2 amide bonds. The Balaban J connectivity index is 1.54. The Morgan fingerprint density at radius 1 is 0.800 bits per heavy atom. The predicted molar refractivity (Wildman–Crippen MR) is 118 cm³/mol. The molecule has 3 aromatic carbocycles. The zero-order valence-electron chi connectivity index (χ0n) is 16.2. The molecule has 0 bridgehead atoms. The van der Waals surface area contributed by atoms with Crippen molar-refractivity contribution in [2.24, 2.45) is 0 Å². The maximum atomic E-state index is 12.9. The van der Waals surface area contributed by atoms with Gasteiger partial charge in [0.2, 0.25) is 0 Å². The van der Waals surface area contributed by atoms with Gasteiger partial charge < -0.3 is 4.57 Å². The molecular formula is C25H19N3O2.